The number of hydrogen-bond donors (Lipinski definition) is 2. The highest BCUT2D eigenvalue weighted by Gasteiger charge is 2.25. The van der Waals surface area contributed by atoms with Gasteiger partial charge in [0.05, 0.1) is 11.1 Å². The number of aliphatic hydroxyl groups excluding tert-OH is 2. The third kappa shape index (κ3) is 3.60. The number of rotatable bonds is 5. The van der Waals surface area contributed by atoms with Gasteiger partial charge in [0.15, 0.2) is 11.6 Å². The summed E-state index contributed by atoms with van der Waals surface area (Å²) in [6, 6.07) is 16.8. The first-order valence-electron chi connectivity index (χ1n) is 7.43. The maximum Gasteiger partial charge on any atom is 0.164 e. The molecule has 4 heteroatoms. The molecule has 0 spiro atoms. The summed E-state index contributed by atoms with van der Waals surface area (Å²) in [5.74, 6) is -1.69. The van der Waals surface area contributed by atoms with Gasteiger partial charge in [-0.15, -0.1) is 0 Å². The number of aliphatic hydroxyl groups is 2. The molecule has 2 aromatic carbocycles. The van der Waals surface area contributed by atoms with Crippen LogP contribution in [0.5, 0.6) is 0 Å². The van der Waals surface area contributed by atoms with Crippen LogP contribution in [0.15, 0.2) is 71.8 Å². The zero-order valence-corrected chi connectivity index (χ0v) is 13.5. The minimum absolute atomic E-state index is 0.199. The van der Waals surface area contributed by atoms with Crippen LogP contribution in [0.2, 0.25) is 0 Å². The molecule has 0 aliphatic carbocycles. The fourth-order valence-corrected chi connectivity index (χ4v) is 2.40. The standard InChI is InChI=1S/C20H18O4/c1-13(21)17(19(23)15-9-5-3-6-10-15)18(14(2)22)20(24)16-11-7-4-8-12-16/h3-12,23-24H,1-2H3/b19-17+,20-18+. The number of allylic oxidation sites excluding steroid dienone is 2. The van der Waals surface area contributed by atoms with Gasteiger partial charge in [0.1, 0.15) is 11.5 Å². The fraction of sp³-hybridized carbons (Fsp3) is 0.100. The van der Waals surface area contributed by atoms with Crippen LogP contribution in [0.25, 0.3) is 11.5 Å². The zero-order chi connectivity index (χ0) is 17.7. The average molecular weight is 322 g/mol. The molecule has 0 atom stereocenters. The predicted octanol–water partition coefficient (Wildman–Crippen LogP) is 4.10. The second kappa shape index (κ2) is 7.42. The number of carbonyl (C=O) groups is 2. The van der Waals surface area contributed by atoms with Crippen LogP contribution in [0.1, 0.15) is 25.0 Å². The van der Waals surface area contributed by atoms with Crippen molar-refractivity contribution in [3.8, 4) is 0 Å². The van der Waals surface area contributed by atoms with Crippen molar-refractivity contribution in [2.24, 2.45) is 0 Å². The summed E-state index contributed by atoms with van der Waals surface area (Å²) in [5, 5.41) is 21.1. The van der Waals surface area contributed by atoms with E-state index in [2.05, 4.69) is 0 Å². The zero-order valence-electron chi connectivity index (χ0n) is 13.5. The van der Waals surface area contributed by atoms with Gasteiger partial charge in [-0.3, -0.25) is 9.59 Å². The summed E-state index contributed by atoms with van der Waals surface area (Å²) in [6.45, 7) is 2.49. The maximum atomic E-state index is 12.1. The molecule has 0 saturated carbocycles. The molecule has 2 rings (SSSR count). The number of carbonyl (C=O) groups excluding carboxylic acids is 2. The van der Waals surface area contributed by atoms with Crippen LogP contribution in [-0.2, 0) is 9.59 Å². The predicted molar refractivity (Wildman–Crippen MR) is 93.3 cm³/mol. The molecule has 0 saturated heterocycles. The molecule has 0 aromatic heterocycles. The molecule has 2 N–H and O–H groups in total. The molecule has 0 fully saturated rings. The Bertz CT molecular complexity index is 744. The van der Waals surface area contributed by atoms with E-state index in [0.717, 1.165) is 0 Å². The van der Waals surface area contributed by atoms with Crippen molar-refractivity contribution in [1.29, 1.82) is 0 Å². The molecular weight excluding hydrogens is 304 g/mol. The van der Waals surface area contributed by atoms with Gasteiger partial charge in [-0.1, -0.05) is 60.7 Å². The Morgan fingerprint density at radius 3 is 1.17 bits per heavy atom. The number of benzene rings is 2. The van der Waals surface area contributed by atoms with E-state index in [0.29, 0.717) is 11.1 Å². The second-order valence-corrected chi connectivity index (χ2v) is 5.29. The van der Waals surface area contributed by atoms with E-state index in [1.165, 1.54) is 13.8 Å². The van der Waals surface area contributed by atoms with E-state index >= 15 is 0 Å². The van der Waals surface area contributed by atoms with E-state index in [1.807, 2.05) is 0 Å². The van der Waals surface area contributed by atoms with E-state index in [4.69, 9.17) is 0 Å². The van der Waals surface area contributed by atoms with Crippen molar-refractivity contribution in [3.63, 3.8) is 0 Å². The first-order valence-corrected chi connectivity index (χ1v) is 7.43. The summed E-state index contributed by atoms with van der Waals surface area (Å²) >= 11 is 0. The molecule has 0 heterocycles. The minimum Gasteiger partial charge on any atom is -0.507 e. The second-order valence-electron chi connectivity index (χ2n) is 5.29. The van der Waals surface area contributed by atoms with Gasteiger partial charge in [0, 0.05) is 11.1 Å². The first-order chi connectivity index (χ1) is 11.4. The van der Waals surface area contributed by atoms with Crippen molar-refractivity contribution in [2.75, 3.05) is 0 Å². The van der Waals surface area contributed by atoms with Crippen molar-refractivity contribution in [2.45, 2.75) is 13.8 Å². The highest BCUT2D eigenvalue weighted by atomic mass is 16.3. The Kier molecular flexibility index (Phi) is 5.32. The molecule has 0 amide bonds. The maximum absolute atomic E-state index is 12.1. The fourth-order valence-electron chi connectivity index (χ4n) is 2.40. The number of Topliss-reactive ketones (excluding diaryl/α,β-unsaturated/α-hetero) is 2. The van der Waals surface area contributed by atoms with Gasteiger partial charge in [0.25, 0.3) is 0 Å². The van der Waals surface area contributed by atoms with E-state index in [9.17, 15) is 19.8 Å². The largest absolute Gasteiger partial charge is 0.507 e. The normalized spacial score (nSPS) is 12.9. The van der Waals surface area contributed by atoms with Gasteiger partial charge < -0.3 is 10.2 Å². The Hall–Kier alpha value is -3.14. The lowest BCUT2D eigenvalue weighted by Crippen LogP contribution is -2.13. The monoisotopic (exact) mass is 322 g/mol. The summed E-state index contributed by atoms with van der Waals surface area (Å²) in [7, 11) is 0. The smallest absolute Gasteiger partial charge is 0.164 e. The Morgan fingerprint density at radius 2 is 0.917 bits per heavy atom. The summed E-state index contributed by atoms with van der Waals surface area (Å²) in [5.41, 5.74) is 0.384. The molecule has 24 heavy (non-hydrogen) atoms. The average Bonchev–Trinajstić information content (AvgIpc) is 2.59. The summed E-state index contributed by atoms with van der Waals surface area (Å²) < 4.78 is 0. The van der Waals surface area contributed by atoms with Gasteiger partial charge in [-0.05, 0) is 13.8 Å². The summed E-state index contributed by atoms with van der Waals surface area (Å²) in [4.78, 5) is 24.3. The molecule has 122 valence electrons. The minimum atomic E-state index is -0.510. The molecular formula is C20H18O4. The third-order valence-electron chi connectivity index (χ3n) is 3.52. The Labute approximate surface area is 140 Å². The highest BCUT2D eigenvalue weighted by molar-refractivity contribution is 6.17. The van der Waals surface area contributed by atoms with Crippen LogP contribution in [0.4, 0.5) is 0 Å². The Morgan fingerprint density at radius 1 is 0.625 bits per heavy atom. The lowest BCUT2D eigenvalue weighted by atomic mass is 9.92. The van der Waals surface area contributed by atoms with Gasteiger partial charge in [0.2, 0.25) is 0 Å². The van der Waals surface area contributed by atoms with E-state index < -0.39 is 11.6 Å². The summed E-state index contributed by atoms with van der Waals surface area (Å²) in [6.07, 6.45) is 0. The van der Waals surface area contributed by atoms with Crippen LogP contribution >= 0.6 is 0 Å². The molecule has 4 nitrogen and oxygen atoms in total. The van der Waals surface area contributed by atoms with E-state index in [-0.39, 0.29) is 22.7 Å². The van der Waals surface area contributed by atoms with Crippen LogP contribution < -0.4 is 0 Å². The van der Waals surface area contributed by atoms with Crippen molar-refractivity contribution in [3.05, 3.63) is 82.9 Å². The molecule has 0 unspecified atom stereocenters. The van der Waals surface area contributed by atoms with Crippen LogP contribution in [0, 0.1) is 0 Å². The quantitative estimate of drug-likeness (QED) is 0.494. The molecule has 0 aliphatic heterocycles. The number of ketones is 2. The SMILES string of the molecule is CC(=O)C(/C(C(C)=O)=C(/O)c1ccccc1)=C(\O)c1ccccc1. The lowest BCUT2D eigenvalue weighted by Gasteiger charge is -2.13. The van der Waals surface area contributed by atoms with Gasteiger partial charge >= 0.3 is 0 Å². The van der Waals surface area contributed by atoms with Crippen molar-refractivity contribution < 1.29 is 19.8 Å². The van der Waals surface area contributed by atoms with Crippen molar-refractivity contribution >= 4 is 23.1 Å². The van der Waals surface area contributed by atoms with E-state index in [1.54, 1.807) is 60.7 Å². The third-order valence-corrected chi connectivity index (χ3v) is 3.52. The molecule has 0 aliphatic rings. The highest BCUT2D eigenvalue weighted by Crippen LogP contribution is 2.28. The Balaban J connectivity index is 2.76. The molecule has 0 radical (unpaired) electrons. The van der Waals surface area contributed by atoms with Gasteiger partial charge in [-0.2, -0.15) is 0 Å². The number of hydrogen-bond acceptors (Lipinski definition) is 4. The topological polar surface area (TPSA) is 74.6 Å². The molecule has 2 aromatic rings. The molecule has 0 bridgehead atoms. The first kappa shape index (κ1) is 17.2. The van der Waals surface area contributed by atoms with Gasteiger partial charge in [-0.25, -0.2) is 0 Å². The lowest BCUT2D eigenvalue weighted by molar-refractivity contribution is -0.116. The van der Waals surface area contributed by atoms with Crippen molar-refractivity contribution in [1.82, 2.24) is 0 Å². The van der Waals surface area contributed by atoms with Crippen LogP contribution in [-0.4, -0.2) is 21.8 Å². The van der Waals surface area contributed by atoms with Crippen LogP contribution in [0.3, 0.4) is 0 Å².